The highest BCUT2D eigenvalue weighted by Gasteiger charge is 2.23. The van der Waals surface area contributed by atoms with Crippen molar-refractivity contribution in [3.63, 3.8) is 0 Å². The van der Waals surface area contributed by atoms with Gasteiger partial charge in [-0.3, -0.25) is 4.99 Å². The highest BCUT2D eigenvalue weighted by Crippen LogP contribution is 2.36. The lowest BCUT2D eigenvalue weighted by molar-refractivity contribution is 0.515. The molecule has 0 aromatic heterocycles. The number of hydrogen-bond donors (Lipinski definition) is 1. The van der Waals surface area contributed by atoms with E-state index in [-0.39, 0.29) is 0 Å². The van der Waals surface area contributed by atoms with E-state index in [4.69, 9.17) is 4.99 Å². The molecule has 1 atom stereocenters. The van der Waals surface area contributed by atoms with Crippen molar-refractivity contribution >= 4 is 17.1 Å². The Morgan fingerprint density at radius 3 is 1.75 bits per heavy atom. The summed E-state index contributed by atoms with van der Waals surface area (Å²) in [6.07, 6.45) is 9.20. The first-order valence-electron chi connectivity index (χ1n) is 12.9. The molecule has 2 heteroatoms. The monoisotopic (exact) mass is 466 g/mol. The molecular weight excluding hydrogens is 436 g/mol. The molecule has 2 aliphatic rings. The van der Waals surface area contributed by atoms with Gasteiger partial charge < -0.3 is 5.32 Å². The minimum atomic E-state index is 0.649. The fourth-order valence-corrected chi connectivity index (χ4v) is 5.22. The number of fused-ring (bicyclic) bond motifs is 1. The molecule has 0 amide bonds. The number of hydrogen-bond acceptors (Lipinski definition) is 2. The molecule has 6 rings (SSSR count). The maximum Gasteiger partial charge on any atom is 0.0633 e. The third-order valence-corrected chi connectivity index (χ3v) is 7.20. The Hall–Kier alpha value is -4.17. The van der Waals surface area contributed by atoms with Crippen molar-refractivity contribution in [2.45, 2.75) is 25.7 Å². The Kier molecular flexibility index (Phi) is 6.33. The van der Waals surface area contributed by atoms with Crippen LogP contribution in [0.15, 0.2) is 138 Å². The molecular formula is C34H30N2. The lowest BCUT2D eigenvalue weighted by Gasteiger charge is -2.29. The van der Waals surface area contributed by atoms with Crippen molar-refractivity contribution in [2.75, 3.05) is 5.32 Å². The van der Waals surface area contributed by atoms with Crippen molar-refractivity contribution in [1.82, 2.24) is 0 Å². The van der Waals surface area contributed by atoms with Gasteiger partial charge in [-0.15, -0.1) is 0 Å². The third kappa shape index (κ3) is 5.08. The second-order valence-corrected chi connectivity index (χ2v) is 9.67. The van der Waals surface area contributed by atoms with E-state index in [0.29, 0.717) is 5.92 Å². The van der Waals surface area contributed by atoms with Crippen LogP contribution in [0.5, 0.6) is 0 Å². The molecule has 176 valence electrons. The van der Waals surface area contributed by atoms with Crippen molar-refractivity contribution in [2.24, 2.45) is 10.9 Å². The average Bonchev–Trinajstić information content (AvgIpc) is 2.95. The topological polar surface area (TPSA) is 24.4 Å². The number of anilines is 1. The molecule has 1 unspecified atom stereocenters. The van der Waals surface area contributed by atoms with E-state index in [1.165, 1.54) is 52.1 Å². The normalized spacial score (nSPS) is 18.2. The van der Waals surface area contributed by atoms with E-state index in [2.05, 4.69) is 127 Å². The first-order chi connectivity index (χ1) is 17.8. The van der Waals surface area contributed by atoms with Gasteiger partial charge in [0.15, 0.2) is 0 Å². The van der Waals surface area contributed by atoms with Crippen molar-refractivity contribution in [3.8, 4) is 22.3 Å². The summed E-state index contributed by atoms with van der Waals surface area (Å²) in [6, 6.07) is 38.3. The van der Waals surface area contributed by atoms with Gasteiger partial charge in [-0.25, -0.2) is 0 Å². The average molecular weight is 467 g/mol. The summed E-state index contributed by atoms with van der Waals surface area (Å²) >= 11 is 0. The quantitative estimate of drug-likeness (QED) is 0.311. The van der Waals surface area contributed by atoms with Crippen LogP contribution in [0.25, 0.3) is 22.3 Å². The Labute approximate surface area is 213 Å². The molecule has 0 spiro atoms. The molecule has 4 aromatic carbocycles. The van der Waals surface area contributed by atoms with Gasteiger partial charge in [-0.2, -0.15) is 0 Å². The Bertz CT molecular complexity index is 1410. The van der Waals surface area contributed by atoms with Gasteiger partial charge in [-0.1, -0.05) is 84.9 Å². The summed E-state index contributed by atoms with van der Waals surface area (Å²) in [5.74, 6) is 0.649. The first-order valence-corrected chi connectivity index (χ1v) is 12.9. The van der Waals surface area contributed by atoms with Gasteiger partial charge in [0.2, 0.25) is 0 Å². The number of nitrogens with one attached hydrogen (secondary N) is 1. The minimum absolute atomic E-state index is 0.649. The van der Waals surface area contributed by atoms with Gasteiger partial charge in [0.1, 0.15) is 0 Å². The molecule has 0 saturated heterocycles. The summed E-state index contributed by atoms with van der Waals surface area (Å²) in [5, 5.41) is 3.66. The molecule has 0 heterocycles. The van der Waals surface area contributed by atoms with Crippen molar-refractivity contribution in [3.05, 3.63) is 133 Å². The Balaban J connectivity index is 1.17. The van der Waals surface area contributed by atoms with E-state index in [1.807, 2.05) is 0 Å². The van der Waals surface area contributed by atoms with Crippen LogP contribution in [0.4, 0.5) is 11.4 Å². The van der Waals surface area contributed by atoms with Gasteiger partial charge in [0.05, 0.1) is 5.69 Å². The summed E-state index contributed by atoms with van der Waals surface area (Å²) in [7, 11) is 0. The number of rotatable bonds is 5. The van der Waals surface area contributed by atoms with Crippen LogP contribution in [0.3, 0.4) is 0 Å². The highest BCUT2D eigenvalue weighted by molar-refractivity contribution is 5.98. The van der Waals surface area contributed by atoms with E-state index >= 15 is 0 Å². The number of nitrogens with zero attached hydrogens (tertiary/aromatic N) is 1. The maximum absolute atomic E-state index is 4.98. The molecule has 2 nitrogen and oxygen atoms in total. The molecule has 0 bridgehead atoms. The zero-order valence-corrected chi connectivity index (χ0v) is 20.4. The zero-order chi connectivity index (χ0) is 24.2. The highest BCUT2D eigenvalue weighted by atomic mass is 14.9. The molecule has 0 radical (unpaired) electrons. The Morgan fingerprint density at radius 1 is 0.556 bits per heavy atom. The van der Waals surface area contributed by atoms with Gasteiger partial charge in [0, 0.05) is 17.1 Å². The maximum atomic E-state index is 4.98. The fraction of sp³-hybridized carbons (Fsp3) is 0.147. The summed E-state index contributed by atoms with van der Waals surface area (Å²) < 4.78 is 0. The molecule has 2 aliphatic carbocycles. The van der Waals surface area contributed by atoms with Gasteiger partial charge in [0.25, 0.3) is 0 Å². The van der Waals surface area contributed by atoms with E-state index in [9.17, 15) is 0 Å². The molecule has 0 aliphatic heterocycles. The van der Waals surface area contributed by atoms with Gasteiger partial charge >= 0.3 is 0 Å². The standard InChI is InChI=1S/C34H30N2/c1-3-7-25(8-4-1)27-11-17-31(18-12-27)35-33-21-15-29-16-22-34(24-30(29)23-33)36-32-19-13-28(14-20-32)26-9-5-2-6-10-26/h1-14,17-20,23-24,29,35H,15-16,21-22H2. The van der Waals surface area contributed by atoms with Crippen LogP contribution >= 0.6 is 0 Å². The second-order valence-electron chi connectivity index (χ2n) is 9.67. The number of benzene rings is 4. The van der Waals surface area contributed by atoms with E-state index in [1.54, 1.807) is 0 Å². The van der Waals surface area contributed by atoms with Crippen LogP contribution in [0.1, 0.15) is 25.7 Å². The van der Waals surface area contributed by atoms with Crippen LogP contribution < -0.4 is 5.32 Å². The minimum Gasteiger partial charge on any atom is -0.359 e. The second kappa shape index (κ2) is 10.2. The van der Waals surface area contributed by atoms with Crippen LogP contribution in [0.2, 0.25) is 0 Å². The van der Waals surface area contributed by atoms with Crippen LogP contribution in [-0.4, -0.2) is 5.71 Å². The predicted octanol–water partition coefficient (Wildman–Crippen LogP) is 9.22. The summed E-state index contributed by atoms with van der Waals surface area (Å²) in [5.41, 5.74) is 11.0. The molecule has 36 heavy (non-hydrogen) atoms. The first kappa shape index (κ1) is 22.3. The molecule has 4 aromatic rings. The fourth-order valence-electron chi connectivity index (χ4n) is 5.22. The lowest BCUT2D eigenvalue weighted by atomic mass is 9.79. The van der Waals surface area contributed by atoms with Crippen molar-refractivity contribution < 1.29 is 0 Å². The third-order valence-electron chi connectivity index (χ3n) is 7.20. The zero-order valence-electron chi connectivity index (χ0n) is 20.4. The smallest absolute Gasteiger partial charge is 0.0633 e. The predicted molar refractivity (Wildman–Crippen MR) is 153 cm³/mol. The largest absolute Gasteiger partial charge is 0.359 e. The molecule has 0 fully saturated rings. The van der Waals surface area contributed by atoms with Crippen LogP contribution in [0, 0.1) is 5.92 Å². The summed E-state index contributed by atoms with van der Waals surface area (Å²) in [4.78, 5) is 4.98. The Morgan fingerprint density at radius 2 is 1.11 bits per heavy atom. The number of allylic oxidation sites excluding steroid dienone is 4. The molecule has 1 N–H and O–H groups in total. The number of aliphatic imine (C=N–C) groups is 1. The SMILES string of the molecule is C1=C(Nc2ccc(-c3ccccc3)cc2)CCC2CCC(=Nc3ccc(-c4ccccc4)cc3)C=C12. The lowest BCUT2D eigenvalue weighted by Crippen LogP contribution is -2.18. The van der Waals surface area contributed by atoms with Crippen LogP contribution in [-0.2, 0) is 0 Å². The van der Waals surface area contributed by atoms with E-state index < -0.39 is 0 Å². The van der Waals surface area contributed by atoms with Gasteiger partial charge in [-0.05, 0) is 95.8 Å². The summed E-state index contributed by atoms with van der Waals surface area (Å²) in [6.45, 7) is 0. The molecule has 0 saturated carbocycles. The van der Waals surface area contributed by atoms with E-state index in [0.717, 1.165) is 24.2 Å². The van der Waals surface area contributed by atoms with Crippen molar-refractivity contribution in [1.29, 1.82) is 0 Å².